The van der Waals surface area contributed by atoms with Crippen molar-refractivity contribution < 1.29 is 85.2 Å². The number of amidine groups is 1. The molecular formula is C46H67F3N12NaO9S-. The van der Waals surface area contributed by atoms with Crippen LogP contribution in [0.15, 0.2) is 60.0 Å². The normalized spacial score (nSPS) is 12.6. The van der Waals surface area contributed by atoms with Crippen molar-refractivity contribution >= 4 is 45.0 Å². The number of nitrogen functional groups attached to an aromatic ring is 1. The van der Waals surface area contributed by atoms with Crippen molar-refractivity contribution in [1.29, 1.82) is 0 Å². The Morgan fingerprint density at radius 1 is 0.764 bits per heavy atom. The van der Waals surface area contributed by atoms with Crippen molar-refractivity contribution in [3.63, 3.8) is 0 Å². The van der Waals surface area contributed by atoms with Crippen LogP contribution >= 0.6 is 0 Å². The average molecular weight is 1040 g/mol. The maximum Gasteiger partial charge on any atom is 1.00 e. The van der Waals surface area contributed by atoms with E-state index in [1.807, 2.05) is 38.2 Å². The van der Waals surface area contributed by atoms with Crippen molar-refractivity contribution in [1.82, 2.24) is 39.1 Å². The number of methoxy groups -OCH3 is 3. The van der Waals surface area contributed by atoms with Gasteiger partial charge in [-0.1, -0.05) is 6.07 Å². The number of ketones is 1. The number of carboxylic acid groups (broad SMARTS) is 1. The van der Waals surface area contributed by atoms with Gasteiger partial charge in [0.25, 0.3) is 0 Å². The van der Waals surface area contributed by atoms with Crippen LogP contribution in [-0.4, -0.2) is 119 Å². The first-order valence-corrected chi connectivity index (χ1v) is 24.2. The second-order valence-electron chi connectivity index (χ2n) is 16.6. The number of nitrogens with one attached hydrogen (secondary N) is 1. The molecule has 0 saturated carbocycles. The van der Waals surface area contributed by atoms with Crippen LogP contribution in [0.3, 0.4) is 0 Å². The Kier molecular flexibility index (Phi) is 27.9. The fourth-order valence-corrected chi connectivity index (χ4v) is 8.47. The third-order valence-electron chi connectivity index (χ3n) is 10.5. The fraction of sp³-hybridized carbons (Fsp3) is 0.543. The third kappa shape index (κ3) is 23.5. The van der Waals surface area contributed by atoms with Gasteiger partial charge in [0.1, 0.15) is 5.78 Å². The largest absolute Gasteiger partial charge is 1.00 e. The van der Waals surface area contributed by atoms with E-state index in [0.29, 0.717) is 43.9 Å². The standard InChI is InChI=1S/C21H29N5O4S.C9H14N2O2.C9H16N2O.C4H7N3.C3H3F3O2.Na/c1-25-14-17(13-22-25)26(10-5-11-30-2)31(28,29)24-21(27)23-20-18-8-3-6-15(18)12-16-7-4-9-19(16)20;1-11-7-8(6-10-11)5-9(12)3-4-13-2;1-11-8-9(7-10-11)5-3-4-6-12-2;1-7-3-4(5)2-6-7;4-3(5,6)1-2(7)8;/h12-14H,3-11H2,1-2H3,(H2,23,24,27);6-7H,3-5H2,1-2H3;7-8H,3-6H2,1-2H3;2-3H,5H2,1H3;1H2,(H,7,8);/q;;;;;+1/p-2. The number of benzene rings is 1. The topological polar surface area (TPSA) is 267 Å². The van der Waals surface area contributed by atoms with Crippen LogP contribution in [-0.2, 0) is 101 Å². The van der Waals surface area contributed by atoms with E-state index < -0.39 is 34.8 Å². The zero-order valence-corrected chi connectivity index (χ0v) is 45.3. The van der Waals surface area contributed by atoms with Crippen molar-refractivity contribution in [3.05, 3.63) is 89.0 Å². The number of aromatic nitrogens is 8. The second kappa shape index (κ2) is 32.0. The number of anilines is 3. The number of alkyl halides is 3. The Balaban J connectivity index is 0.000000357. The monoisotopic (exact) mass is 1040 g/mol. The summed E-state index contributed by atoms with van der Waals surface area (Å²) < 4.78 is 84.9. The maximum atomic E-state index is 13.0. The Bertz CT molecular complexity index is 2500. The molecule has 0 saturated heterocycles. The number of ether oxygens (including phenoxy) is 3. The molecule has 4 heterocycles. The Morgan fingerprint density at radius 2 is 1.29 bits per heavy atom. The van der Waals surface area contributed by atoms with Gasteiger partial charge in [0.05, 0.1) is 61.2 Å². The minimum absolute atomic E-state index is 0. The molecule has 0 atom stereocenters. The number of rotatable bonds is 19. The molecule has 0 fully saturated rings. The summed E-state index contributed by atoms with van der Waals surface area (Å²) in [6.45, 7) is 1.88. The van der Waals surface area contributed by atoms with Gasteiger partial charge in [-0.25, -0.2) is 4.31 Å². The van der Waals surface area contributed by atoms with Gasteiger partial charge in [-0.3, -0.25) is 23.5 Å². The van der Waals surface area contributed by atoms with Crippen molar-refractivity contribution in [2.75, 3.05) is 63.1 Å². The van der Waals surface area contributed by atoms with Gasteiger partial charge in [-0.05, 0) is 97.6 Å². The number of carboxylic acids is 1. The maximum absolute atomic E-state index is 13.0. The molecule has 0 amide bonds. The number of unbranched alkanes of at least 4 members (excludes halogenated alkanes) is 1. The molecule has 0 bridgehead atoms. The van der Waals surface area contributed by atoms with E-state index in [1.165, 1.54) is 34.0 Å². The van der Waals surface area contributed by atoms with Crippen LogP contribution < -0.4 is 55.1 Å². The minimum Gasteiger partial charge on any atom is -0.845 e. The number of halogens is 3. The van der Waals surface area contributed by atoms with Crippen LogP contribution in [0.4, 0.5) is 30.2 Å². The number of aliphatic carboxylic acids is 1. The Morgan fingerprint density at radius 3 is 1.74 bits per heavy atom. The number of nitrogens with two attached hydrogens (primary N) is 1. The molecule has 2 aliphatic rings. The van der Waals surface area contributed by atoms with Crippen molar-refractivity contribution in [3.8, 4) is 0 Å². The predicted molar refractivity (Wildman–Crippen MR) is 257 cm³/mol. The van der Waals surface area contributed by atoms with Gasteiger partial charge in [0.2, 0.25) is 0 Å². The van der Waals surface area contributed by atoms with Crippen LogP contribution in [0, 0.1) is 0 Å². The molecule has 0 unspecified atom stereocenters. The molecule has 1 aromatic carbocycles. The smallest absolute Gasteiger partial charge is 0.845 e. The van der Waals surface area contributed by atoms with Gasteiger partial charge in [0, 0.05) is 113 Å². The summed E-state index contributed by atoms with van der Waals surface area (Å²) in [6, 6.07) is 1.39. The first-order chi connectivity index (χ1) is 33.6. The molecule has 21 nitrogen and oxygen atoms in total. The molecule has 3 N–H and O–H groups in total. The summed E-state index contributed by atoms with van der Waals surface area (Å²) in [6.07, 6.45) is 18.1. The number of carbonyl (C=O) groups excluding carboxylic acids is 2. The molecule has 72 heavy (non-hydrogen) atoms. The minimum atomic E-state index is -4.64. The number of hydrogen-bond donors (Lipinski definition) is 2. The molecule has 0 aliphatic heterocycles. The molecule has 26 heteroatoms. The SMILES string of the molecule is COCCC(=O)Cc1cnn(C)c1.COCCCCc1cnn(C)c1.COCCCN(c1cnn(C)c1)S(=O)(=O)N=C([O-])Nc1c2c(cc3c1CCC3)CCC2.Cn1cc(N)cn1.O=C([O-])CC(F)(F)F.[Na+]. The van der Waals surface area contributed by atoms with E-state index in [1.54, 1.807) is 62.5 Å². The summed E-state index contributed by atoms with van der Waals surface area (Å²) in [5.41, 5.74) is 14.2. The number of carbonyl (C=O) groups is 2. The van der Waals surface area contributed by atoms with E-state index in [0.717, 1.165) is 84.7 Å². The molecular weight excluding hydrogens is 977 g/mol. The first-order valence-electron chi connectivity index (χ1n) is 22.8. The zero-order valence-electron chi connectivity index (χ0n) is 42.5. The van der Waals surface area contributed by atoms with Gasteiger partial charge < -0.3 is 40.3 Å². The van der Waals surface area contributed by atoms with E-state index in [2.05, 4.69) is 42.4 Å². The van der Waals surface area contributed by atoms with Gasteiger partial charge in [-0.15, -0.1) is 4.40 Å². The summed E-state index contributed by atoms with van der Waals surface area (Å²) >= 11 is 0. The van der Waals surface area contributed by atoms with Crippen LogP contribution in [0.25, 0.3) is 0 Å². The van der Waals surface area contributed by atoms with E-state index in [4.69, 9.17) is 19.9 Å². The molecule has 0 spiro atoms. The quantitative estimate of drug-likeness (QED) is 0.0476. The fourth-order valence-electron chi connectivity index (χ4n) is 7.39. The van der Waals surface area contributed by atoms with Crippen LogP contribution in [0.2, 0.25) is 0 Å². The summed E-state index contributed by atoms with van der Waals surface area (Å²) in [5.74, 6) is -1.91. The van der Waals surface area contributed by atoms with Gasteiger partial charge in [0.15, 0.2) is 0 Å². The summed E-state index contributed by atoms with van der Waals surface area (Å²) in [5, 5.41) is 40.7. The number of fused-ring (bicyclic) bond motifs is 2. The Labute approximate surface area is 441 Å². The van der Waals surface area contributed by atoms with E-state index >= 15 is 0 Å². The van der Waals surface area contributed by atoms with Crippen molar-refractivity contribution in [2.45, 2.75) is 89.6 Å². The van der Waals surface area contributed by atoms with E-state index in [9.17, 15) is 41.4 Å². The predicted octanol–water partition coefficient (Wildman–Crippen LogP) is -0.0340. The summed E-state index contributed by atoms with van der Waals surface area (Å²) in [7, 11) is 7.94. The first kappa shape index (κ1) is 62.8. The molecule has 394 valence electrons. The molecule has 0 radical (unpaired) electrons. The molecule has 7 rings (SSSR count). The molecule has 5 aromatic rings. The number of nitrogens with zero attached hydrogens (tertiary/aromatic N) is 10. The second-order valence-corrected chi connectivity index (χ2v) is 18.1. The summed E-state index contributed by atoms with van der Waals surface area (Å²) in [4.78, 5) is 20.4. The zero-order chi connectivity index (χ0) is 52.6. The average Bonchev–Trinajstić information content (AvgIpc) is 4.17. The van der Waals surface area contributed by atoms with Crippen LogP contribution in [0.5, 0.6) is 0 Å². The van der Waals surface area contributed by atoms with Crippen molar-refractivity contribution in [2.24, 2.45) is 32.6 Å². The molecule has 4 aromatic heterocycles. The van der Waals surface area contributed by atoms with Crippen LogP contribution in [0.1, 0.15) is 78.3 Å². The molecule has 2 aliphatic carbocycles. The van der Waals surface area contributed by atoms with Gasteiger partial charge in [-0.2, -0.15) is 42.0 Å². The van der Waals surface area contributed by atoms with Gasteiger partial charge >= 0.3 is 45.9 Å². The number of aryl methyl sites for hydroxylation is 7. The number of Topliss-reactive ketones (excluding diaryl/α,β-unsaturated/α-hetero) is 1. The number of hydrogen-bond acceptors (Lipinski definition) is 14. The van der Waals surface area contributed by atoms with E-state index in [-0.39, 0.29) is 41.9 Å². The Hall–Kier alpha value is -5.31. The third-order valence-corrected chi connectivity index (χ3v) is 11.9.